The Morgan fingerprint density at radius 2 is 1.79 bits per heavy atom. The van der Waals surface area contributed by atoms with E-state index in [-0.39, 0.29) is 5.91 Å². The van der Waals surface area contributed by atoms with Crippen LogP contribution in [0.5, 0.6) is 0 Å². The number of hydrogen-bond donors (Lipinski definition) is 2. The molecule has 148 valence electrons. The minimum Gasteiger partial charge on any atom is -0.462 e. The fraction of sp³-hybridized carbons (Fsp3) is 0.174. The lowest BCUT2D eigenvalue weighted by Gasteiger charge is -2.12. The zero-order valence-corrected chi connectivity index (χ0v) is 16.4. The van der Waals surface area contributed by atoms with Crippen molar-refractivity contribution in [1.82, 2.24) is 10.3 Å². The Morgan fingerprint density at radius 1 is 1.03 bits per heavy atom. The predicted octanol–water partition coefficient (Wildman–Crippen LogP) is 4.24. The molecule has 0 aliphatic heterocycles. The van der Waals surface area contributed by atoms with Crippen molar-refractivity contribution in [2.24, 2.45) is 0 Å². The number of carbonyl (C=O) groups excluding carboxylic acids is 2. The van der Waals surface area contributed by atoms with Crippen molar-refractivity contribution in [3.63, 3.8) is 0 Å². The van der Waals surface area contributed by atoms with Gasteiger partial charge in [0.2, 0.25) is 0 Å². The van der Waals surface area contributed by atoms with E-state index in [1.54, 1.807) is 37.4 Å². The number of carbonyl (C=O) groups is 2. The number of amides is 1. The van der Waals surface area contributed by atoms with Gasteiger partial charge >= 0.3 is 5.97 Å². The molecule has 2 aromatic carbocycles. The van der Waals surface area contributed by atoms with Crippen LogP contribution in [-0.4, -0.2) is 23.5 Å². The highest BCUT2D eigenvalue weighted by molar-refractivity contribution is 5.97. The highest BCUT2D eigenvalue weighted by Crippen LogP contribution is 2.22. The molecule has 0 saturated carbocycles. The normalized spacial score (nSPS) is 10.3. The molecule has 0 saturated heterocycles. The Hall–Kier alpha value is -3.67. The molecule has 0 unspecified atom stereocenters. The smallest absolute Gasteiger partial charge is 0.340 e. The van der Waals surface area contributed by atoms with Gasteiger partial charge in [-0.05, 0) is 37.6 Å². The molecule has 1 aromatic heterocycles. The number of esters is 1. The molecule has 0 radical (unpaired) electrons. The fourth-order valence-electron chi connectivity index (χ4n) is 2.76. The van der Waals surface area contributed by atoms with Gasteiger partial charge in [-0.15, -0.1) is 0 Å². The average molecular weight is 389 g/mol. The summed E-state index contributed by atoms with van der Waals surface area (Å²) in [5.74, 6) is -0.629. The van der Waals surface area contributed by atoms with E-state index < -0.39 is 5.97 Å². The molecule has 0 atom stereocenters. The lowest BCUT2D eigenvalue weighted by Crippen LogP contribution is -2.23. The number of anilines is 2. The van der Waals surface area contributed by atoms with Crippen LogP contribution in [0.2, 0.25) is 0 Å². The Kier molecular flexibility index (Phi) is 6.58. The van der Waals surface area contributed by atoms with E-state index in [2.05, 4.69) is 15.6 Å². The van der Waals surface area contributed by atoms with Gasteiger partial charge in [-0.1, -0.05) is 42.0 Å². The zero-order chi connectivity index (χ0) is 20.6. The molecule has 0 spiro atoms. The third kappa shape index (κ3) is 5.42. The van der Waals surface area contributed by atoms with Gasteiger partial charge < -0.3 is 15.4 Å². The van der Waals surface area contributed by atoms with Gasteiger partial charge in [-0.3, -0.25) is 9.78 Å². The molecular formula is C23H23N3O3. The number of ether oxygens (including phenoxy) is 1. The maximum absolute atomic E-state index is 12.5. The summed E-state index contributed by atoms with van der Waals surface area (Å²) in [4.78, 5) is 28.8. The molecule has 6 heteroatoms. The summed E-state index contributed by atoms with van der Waals surface area (Å²) in [7, 11) is 0. The molecule has 0 aliphatic rings. The van der Waals surface area contributed by atoms with Crippen LogP contribution in [0.15, 0.2) is 67.0 Å². The maximum atomic E-state index is 12.5. The molecule has 0 aliphatic carbocycles. The van der Waals surface area contributed by atoms with E-state index in [0.29, 0.717) is 35.7 Å². The lowest BCUT2D eigenvalue weighted by atomic mass is 10.1. The summed E-state index contributed by atoms with van der Waals surface area (Å²) in [6.45, 7) is 4.51. The highest BCUT2D eigenvalue weighted by atomic mass is 16.5. The summed E-state index contributed by atoms with van der Waals surface area (Å²) >= 11 is 0. The molecule has 3 rings (SSSR count). The monoisotopic (exact) mass is 389 g/mol. The molecule has 0 fully saturated rings. The first kappa shape index (κ1) is 20.1. The molecule has 2 N–H and O–H groups in total. The van der Waals surface area contributed by atoms with Crippen LogP contribution in [0.3, 0.4) is 0 Å². The number of pyridine rings is 1. The lowest BCUT2D eigenvalue weighted by molar-refractivity contribution is 0.0527. The molecule has 3 aromatic rings. The minimum absolute atomic E-state index is 0.222. The Labute approximate surface area is 169 Å². The van der Waals surface area contributed by atoms with Gasteiger partial charge in [0.05, 0.1) is 35.3 Å². The van der Waals surface area contributed by atoms with Gasteiger partial charge in [-0.2, -0.15) is 0 Å². The first-order chi connectivity index (χ1) is 14.1. The number of aryl methyl sites for hydroxylation is 1. The topological polar surface area (TPSA) is 80.3 Å². The van der Waals surface area contributed by atoms with Gasteiger partial charge in [0.15, 0.2) is 0 Å². The van der Waals surface area contributed by atoms with Crippen LogP contribution in [0.4, 0.5) is 11.4 Å². The maximum Gasteiger partial charge on any atom is 0.340 e. The van der Waals surface area contributed by atoms with Gasteiger partial charge in [0, 0.05) is 12.7 Å². The number of nitrogens with one attached hydrogen (secondary N) is 2. The van der Waals surface area contributed by atoms with Crippen molar-refractivity contribution in [3.05, 3.63) is 89.2 Å². The molecular weight excluding hydrogens is 366 g/mol. The van der Waals surface area contributed by atoms with Crippen molar-refractivity contribution in [1.29, 1.82) is 0 Å². The highest BCUT2D eigenvalue weighted by Gasteiger charge is 2.13. The third-order valence-electron chi connectivity index (χ3n) is 4.28. The standard InChI is InChI=1S/C23H23N3O3/c1-3-29-23(28)20-6-4-5-7-21(20)26-19-12-18(14-24-15-19)22(27)25-13-17-10-8-16(2)9-11-17/h4-12,14-15,26H,3,13H2,1-2H3,(H,25,27). The van der Waals surface area contributed by atoms with E-state index in [1.165, 1.54) is 11.8 Å². The number of para-hydroxylation sites is 1. The summed E-state index contributed by atoms with van der Waals surface area (Å²) in [6, 6.07) is 16.7. The first-order valence-electron chi connectivity index (χ1n) is 9.39. The van der Waals surface area contributed by atoms with Crippen LogP contribution in [0, 0.1) is 6.92 Å². The van der Waals surface area contributed by atoms with E-state index in [4.69, 9.17) is 4.74 Å². The van der Waals surface area contributed by atoms with Crippen LogP contribution in [0.1, 0.15) is 38.8 Å². The predicted molar refractivity (Wildman–Crippen MR) is 112 cm³/mol. The Morgan fingerprint density at radius 3 is 2.55 bits per heavy atom. The van der Waals surface area contributed by atoms with Gasteiger partial charge in [-0.25, -0.2) is 4.79 Å². The van der Waals surface area contributed by atoms with Gasteiger partial charge in [0.1, 0.15) is 0 Å². The zero-order valence-electron chi connectivity index (χ0n) is 16.4. The first-order valence-corrected chi connectivity index (χ1v) is 9.39. The molecule has 1 heterocycles. The van der Waals surface area contributed by atoms with E-state index in [9.17, 15) is 9.59 Å². The number of nitrogens with zero attached hydrogens (tertiary/aromatic N) is 1. The summed E-state index contributed by atoms with van der Waals surface area (Å²) in [5, 5.41) is 6.04. The van der Waals surface area contributed by atoms with Crippen LogP contribution < -0.4 is 10.6 Å². The summed E-state index contributed by atoms with van der Waals surface area (Å²) in [6.07, 6.45) is 3.10. The summed E-state index contributed by atoms with van der Waals surface area (Å²) in [5.41, 5.74) is 4.23. The third-order valence-corrected chi connectivity index (χ3v) is 4.28. The van der Waals surface area contributed by atoms with Crippen molar-refractivity contribution < 1.29 is 14.3 Å². The van der Waals surface area contributed by atoms with Crippen LogP contribution in [0.25, 0.3) is 0 Å². The second kappa shape index (κ2) is 9.50. The Balaban J connectivity index is 1.70. The summed E-state index contributed by atoms with van der Waals surface area (Å²) < 4.78 is 5.09. The SMILES string of the molecule is CCOC(=O)c1ccccc1Nc1cncc(C(=O)NCc2ccc(C)cc2)c1. The van der Waals surface area contributed by atoms with Crippen LogP contribution >= 0.6 is 0 Å². The van der Waals surface area contributed by atoms with Crippen molar-refractivity contribution >= 4 is 23.3 Å². The largest absolute Gasteiger partial charge is 0.462 e. The molecule has 6 nitrogen and oxygen atoms in total. The quantitative estimate of drug-likeness (QED) is 0.591. The second-order valence-electron chi connectivity index (χ2n) is 6.52. The fourth-order valence-corrected chi connectivity index (χ4v) is 2.76. The number of rotatable bonds is 7. The van der Waals surface area contributed by atoms with Crippen LogP contribution in [-0.2, 0) is 11.3 Å². The molecule has 1 amide bonds. The Bertz CT molecular complexity index is 1000. The van der Waals surface area contributed by atoms with E-state index >= 15 is 0 Å². The van der Waals surface area contributed by atoms with Gasteiger partial charge in [0.25, 0.3) is 5.91 Å². The molecule has 0 bridgehead atoms. The number of benzene rings is 2. The van der Waals surface area contributed by atoms with E-state index in [1.807, 2.05) is 37.3 Å². The number of aromatic nitrogens is 1. The van der Waals surface area contributed by atoms with Crippen molar-refractivity contribution in [3.8, 4) is 0 Å². The molecule has 29 heavy (non-hydrogen) atoms. The van der Waals surface area contributed by atoms with E-state index in [0.717, 1.165) is 5.56 Å². The number of hydrogen-bond acceptors (Lipinski definition) is 5. The minimum atomic E-state index is -0.407. The van der Waals surface area contributed by atoms with Crippen molar-refractivity contribution in [2.45, 2.75) is 20.4 Å². The van der Waals surface area contributed by atoms with Crippen molar-refractivity contribution in [2.75, 3.05) is 11.9 Å². The second-order valence-corrected chi connectivity index (χ2v) is 6.52. The average Bonchev–Trinajstić information content (AvgIpc) is 2.74.